The number of amides is 2. The Hall–Kier alpha value is -2.06. The molecule has 0 radical (unpaired) electrons. The van der Waals surface area contributed by atoms with Gasteiger partial charge in [0.25, 0.3) is 5.91 Å². The van der Waals surface area contributed by atoms with Crippen molar-refractivity contribution in [3.8, 4) is 0 Å². The van der Waals surface area contributed by atoms with Gasteiger partial charge in [-0.25, -0.2) is 4.79 Å². The van der Waals surface area contributed by atoms with Crippen LogP contribution in [-0.4, -0.2) is 50.5 Å². The third-order valence-corrected chi connectivity index (χ3v) is 3.66. The van der Waals surface area contributed by atoms with Crippen LogP contribution in [0.2, 0.25) is 0 Å². The molecule has 1 fully saturated rings. The second-order valence-electron chi connectivity index (χ2n) is 4.58. The maximum absolute atomic E-state index is 11.8. The van der Waals surface area contributed by atoms with E-state index in [4.69, 9.17) is 5.11 Å². The molecule has 1 aromatic rings. The number of benzene rings is 1. The number of carbonyl (C=O) groups excluding carboxylic acids is 2. The average Bonchev–Trinajstić information content (AvgIpc) is 2.46. The summed E-state index contributed by atoms with van der Waals surface area (Å²) in [5, 5.41) is 19.6. The highest BCUT2D eigenvalue weighted by atomic mass is 32.1. The molecule has 1 heterocycles. The Labute approximate surface area is 126 Å². The smallest absolute Gasteiger partial charge is 0.354 e. The molecule has 0 saturated carbocycles. The lowest BCUT2D eigenvalue weighted by Gasteiger charge is -2.45. The minimum atomic E-state index is -1.96. The predicted octanol–water partition coefficient (Wildman–Crippen LogP) is -0.785. The third kappa shape index (κ3) is 3.17. The Balaban J connectivity index is 1.91. The van der Waals surface area contributed by atoms with E-state index in [1.807, 2.05) is 6.07 Å². The number of nitrogens with one attached hydrogen (secondary N) is 1. The number of thiol groups is 1. The lowest BCUT2D eigenvalue weighted by molar-refractivity contribution is -0.178. The molecule has 2 rings (SSSR count). The molecule has 7 nitrogen and oxygen atoms in total. The van der Waals surface area contributed by atoms with Crippen molar-refractivity contribution in [2.24, 2.45) is 0 Å². The van der Waals surface area contributed by atoms with Gasteiger partial charge in [0.2, 0.25) is 12.1 Å². The van der Waals surface area contributed by atoms with Crippen LogP contribution >= 0.6 is 12.6 Å². The third-order valence-electron chi connectivity index (χ3n) is 3.11. The van der Waals surface area contributed by atoms with E-state index >= 15 is 0 Å². The Morgan fingerprint density at radius 1 is 1.33 bits per heavy atom. The highest BCUT2D eigenvalue weighted by Crippen LogP contribution is 2.25. The number of rotatable bonds is 5. The summed E-state index contributed by atoms with van der Waals surface area (Å²) in [6, 6.07) is 8.04. The SMILES string of the molecule is O=C(Cc1ccccc1)N[C@@H]1C(=O)N([C@@H](O)C(=O)O)[C@@H]1S. The monoisotopic (exact) mass is 310 g/mol. The van der Waals surface area contributed by atoms with Crippen LogP contribution in [0.5, 0.6) is 0 Å². The zero-order valence-corrected chi connectivity index (χ0v) is 11.7. The molecular weight excluding hydrogens is 296 g/mol. The number of carbonyl (C=O) groups is 3. The maximum Gasteiger partial charge on any atom is 0.354 e. The minimum Gasteiger partial charge on any atom is -0.478 e. The van der Waals surface area contributed by atoms with E-state index < -0.39 is 29.5 Å². The summed E-state index contributed by atoms with van der Waals surface area (Å²) >= 11 is 4.04. The molecule has 8 heteroatoms. The first kappa shape index (κ1) is 15.3. The van der Waals surface area contributed by atoms with Crippen molar-refractivity contribution in [2.45, 2.75) is 24.1 Å². The quantitative estimate of drug-likeness (QED) is 0.421. The molecule has 3 N–H and O–H groups in total. The van der Waals surface area contributed by atoms with E-state index in [2.05, 4.69) is 17.9 Å². The molecule has 0 unspecified atom stereocenters. The molecule has 0 bridgehead atoms. The number of hydrogen-bond donors (Lipinski definition) is 4. The van der Waals surface area contributed by atoms with Crippen molar-refractivity contribution in [3.05, 3.63) is 35.9 Å². The molecule has 1 saturated heterocycles. The average molecular weight is 310 g/mol. The topological polar surface area (TPSA) is 107 Å². The summed E-state index contributed by atoms with van der Waals surface area (Å²) in [4.78, 5) is 34.9. The van der Waals surface area contributed by atoms with Crippen LogP contribution in [0.1, 0.15) is 5.56 Å². The van der Waals surface area contributed by atoms with Gasteiger partial charge in [-0.3, -0.25) is 14.5 Å². The summed E-state index contributed by atoms with van der Waals surface area (Å²) in [5.74, 6) is -2.59. The summed E-state index contributed by atoms with van der Waals surface area (Å²) in [7, 11) is 0. The molecule has 21 heavy (non-hydrogen) atoms. The number of nitrogens with zero attached hydrogens (tertiary/aromatic N) is 1. The number of carboxylic acids is 1. The molecular formula is C13H14N2O5S. The fourth-order valence-corrected chi connectivity index (χ4v) is 2.47. The van der Waals surface area contributed by atoms with Crippen LogP contribution < -0.4 is 5.32 Å². The molecule has 112 valence electrons. The first-order valence-corrected chi connectivity index (χ1v) is 6.68. The van der Waals surface area contributed by atoms with Gasteiger partial charge in [-0.05, 0) is 5.56 Å². The number of hydrogen-bond acceptors (Lipinski definition) is 5. The molecule has 2 amide bonds. The Bertz CT molecular complexity index is 565. The Morgan fingerprint density at radius 2 is 1.95 bits per heavy atom. The van der Waals surface area contributed by atoms with Gasteiger partial charge in [0.1, 0.15) is 11.4 Å². The zero-order chi connectivity index (χ0) is 15.6. The fourth-order valence-electron chi connectivity index (χ4n) is 2.02. The van der Waals surface area contributed by atoms with Crippen molar-refractivity contribution in [2.75, 3.05) is 0 Å². The van der Waals surface area contributed by atoms with Crippen LogP contribution in [0.3, 0.4) is 0 Å². The van der Waals surface area contributed by atoms with Crippen LogP contribution in [0.4, 0.5) is 0 Å². The summed E-state index contributed by atoms with van der Waals surface area (Å²) in [6.45, 7) is 0. The van der Waals surface area contributed by atoms with E-state index in [9.17, 15) is 19.5 Å². The van der Waals surface area contributed by atoms with Gasteiger partial charge in [-0.1, -0.05) is 30.3 Å². The van der Waals surface area contributed by atoms with Crippen molar-refractivity contribution in [1.82, 2.24) is 10.2 Å². The normalized spacial score (nSPS) is 22.4. The van der Waals surface area contributed by atoms with Gasteiger partial charge in [0, 0.05) is 0 Å². The van der Waals surface area contributed by atoms with Gasteiger partial charge in [0.05, 0.1) is 6.42 Å². The van der Waals surface area contributed by atoms with Crippen LogP contribution in [0.25, 0.3) is 0 Å². The Kier molecular flexibility index (Phi) is 4.49. The number of aliphatic carboxylic acids is 1. The van der Waals surface area contributed by atoms with Crippen LogP contribution in [0.15, 0.2) is 30.3 Å². The lowest BCUT2D eigenvalue weighted by atomic mass is 10.1. The van der Waals surface area contributed by atoms with Crippen molar-refractivity contribution >= 4 is 30.4 Å². The van der Waals surface area contributed by atoms with Crippen LogP contribution in [0, 0.1) is 0 Å². The molecule has 1 aliphatic rings. The van der Waals surface area contributed by atoms with Gasteiger partial charge < -0.3 is 15.5 Å². The van der Waals surface area contributed by atoms with Gasteiger partial charge >= 0.3 is 5.97 Å². The maximum atomic E-state index is 11.8. The highest BCUT2D eigenvalue weighted by Gasteiger charge is 2.50. The number of likely N-dealkylation sites (tertiary alicyclic amines) is 1. The lowest BCUT2D eigenvalue weighted by Crippen LogP contribution is -2.72. The van der Waals surface area contributed by atoms with E-state index in [1.165, 1.54) is 0 Å². The number of aliphatic hydroxyl groups is 1. The van der Waals surface area contributed by atoms with Gasteiger partial charge in [0.15, 0.2) is 0 Å². The highest BCUT2D eigenvalue weighted by molar-refractivity contribution is 7.81. The van der Waals surface area contributed by atoms with E-state index in [1.54, 1.807) is 24.3 Å². The molecule has 0 spiro atoms. The number of aliphatic hydroxyl groups excluding tert-OH is 1. The predicted molar refractivity (Wildman–Crippen MR) is 75.3 cm³/mol. The second kappa shape index (κ2) is 6.15. The minimum absolute atomic E-state index is 0.104. The molecule has 1 aliphatic heterocycles. The Morgan fingerprint density at radius 3 is 2.48 bits per heavy atom. The molecule has 0 aromatic heterocycles. The summed E-state index contributed by atoms with van der Waals surface area (Å²) in [6.07, 6.45) is -1.85. The van der Waals surface area contributed by atoms with Crippen molar-refractivity contribution in [3.63, 3.8) is 0 Å². The summed E-state index contributed by atoms with van der Waals surface area (Å²) in [5.41, 5.74) is 0.792. The van der Waals surface area contributed by atoms with Crippen molar-refractivity contribution in [1.29, 1.82) is 0 Å². The molecule has 0 aliphatic carbocycles. The van der Waals surface area contributed by atoms with E-state index in [0.29, 0.717) is 4.90 Å². The van der Waals surface area contributed by atoms with Crippen LogP contribution in [-0.2, 0) is 20.8 Å². The fraction of sp³-hybridized carbons (Fsp3) is 0.308. The second-order valence-corrected chi connectivity index (χ2v) is 5.11. The summed E-state index contributed by atoms with van der Waals surface area (Å²) < 4.78 is 0. The largest absolute Gasteiger partial charge is 0.478 e. The number of carboxylic acid groups (broad SMARTS) is 1. The van der Waals surface area contributed by atoms with Gasteiger partial charge in [-0.15, -0.1) is 0 Å². The molecule has 1 aromatic carbocycles. The first-order chi connectivity index (χ1) is 9.91. The molecule has 3 atom stereocenters. The van der Waals surface area contributed by atoms with E-state index in [0.717, 1.165) is 5.56 Å². The van der Waals surface area contributed by atoms with Crippen molar-refractivity contribution < 1.29 is 24.6 Å². The van der Waals surface area contributed by atoms with Gasteiger partial charge in [-0.2, -0.15) is 12.6 Å². The van der Waals surface area contributed by atoms with E-state index in [-0.39, 0.29) is 12.3 Å². The standard InChI is InChI=1S/C13H14N2O5S/c16-8(6-7-4-2-1-3-5-7)14-9-10(17)15(12(9)21)11(18)13(19)20/h1-5,9,11-12,18,21H,6H2,(H,14,16)(H,19,20)/t9-,11+,12-/m1/s1. The first-order valence-electron chi connectivity index (χ1n) is 6.16. The number of β-lactam (4-membered cyclic amide) rings is 1. The zero-order valence-electron chi connectivity index (χ0n) is 10.8.